The first kappa shape index (κ1) is 24.6. The Balaban J connectivity index is 1.72. The van der Waals surface area contributed by atoms with Crippen LogP contribution in [0.15, 0.2) is 12.1 Å². The summed E-state index contributed by atoms with van der Waals surface area (Å²) in [4.78, 5) is 52.7. The highest BCUT2D eigenvalue weighted by Crippen LogP contribution is 2.27. The monoisotopic (exact) mass is 462 g/mol. The van der Waals surface area contributed by atoms with Crippen LogP contribution in [0, 0.1) is 5.82 Å². The molecule has 1 unspecified atom stereocenters. The summed E-state index contributed by atoms with van der Waals surface area (Å²) in [5, 5.41) is 2.32. The van der Waals surface area contributed by atoms with Crippen LogP contribution in [0.25, 0.3) is 0 Å². The summed E-state index contributed by atoms with van der Waals surface area (Å²) < 4.78 is 20.3. The third-order valence-corrected chi connectivity index (χ3v) is 5.77. The molecule has 0 bridgehead atoms. The van der Waals surface area contributed by atoms with Gasteiger partial charge in [0.25, 0.3) is 0 Å². The Morgan fingerprint density at radius 1 is 1.24 bits per heavy atom. The number of halogens is 1. The molecule has 2 aliphatic heterocycles. The van der Waals surface area contributed by atoms with Crippen molar-refractivity contribution in [3.05, 3.63) is 29.1 Å². The number of hydrogen-bond donors (Lipinski definition) is 1. The first-order valence-electron chi connectivity index (χ1n) is 11.0. The number of aldehydes is 1. The number of hydrogen-bond acceptors (Lipinski definition) is 7. The van der Waals surface area contributed by atoms with Crippen LogP contribution in [0.3, 0.4) is 0 Å². The van der Waals surface area contributed by atoms with E-state index >= 15 is 0 Å². The van der Waals surface area contributed by atoms with E-state index in [2.05, 4.69) is 5.32 Å². The lowest BCUT2D eigenvalue weighted by molar-refractivity contribution is -0.137. The van der Waals surface area contributed by atoms with Crippen molar-refractivity contribution in [3.63, 3.8) is 0 Å². The average molecular weight is 463 g/mol. The van der Waals surface area contributed by atoms with E-state index in [-0.39, 0.29) is 30.3 Å². The Kier molecular flexibility index (Phi) is 7.36. The molecule has 0 aliphatic carbocycles. The summed E-state index contributed by atoms with van der Waals surface area (Å²) in [6.45, 7) is 7.25. The van der Waals surface area contributed by atoms with E-state index in [1.807, 2.05) is 4.90 Å². The number of likely N-dealkylation sites (N-methyl/N-ethyl adjacent to an activating group) is 1. The van der Waals surface area contributed by atoms with Gasteiger partial charge < -0.3 is 14.5 Å². The predicted molar refractivity (Wildman–Crippen MR) is 119 cm³/mol. The Morgan fingerprint density at radius 3 is 2.48 bits per heavy atom. The second kappa shape index (κ2) is 9.86. The number of anilines is 1. The Labute approximate surface area is 192 Å². The van der Waals surface area contributed by atoms with E-state index < -0.39 is 23.6 Å². The van der Waals surface area contributed by atoms with Gasteiger partial charge >= 0.3 is 6.09 Å². The SMILES string of the molecule is CN(Cc1cc(N2CCN(C(=O)OC(C)(C)C)CC2)c(F)cc1C=O)C1CCC(=O)NC1=O. The van der Waals surface area contributed by atoms with Crippen molar-refractivity contribution >= 4 is 29.9 Å². The molecular formula is C23H31FN4O5. The van der Waals surface area contributed by atoms with Gasteiger partial charge in [-0.25, -0.2) is 9.18 Å². The minimum absolute atomic E-state index is 0.211. The molecule has 33 heavy (non-hydrogen) atoms. The molecule has 0 aromatic heterocycles. The zero-order chi connectivity index (χ0) is 24.3. The van der Waals surface area contributed by atoms with E-state index in [9.17, 15) is 23.6 Å². The minimum Gasteiger partial charge on any atom is -0.444 e. The van der Waals surface area contributed by atoms with Gasteiger partial charge in [-0.2, -0.15) is 0 Å². The minimum atomic E-state index is -0.589. The molecule has 0 saturated carbocycles. The highest BCUT2D eigenvalue weighted by Gasteiger charge is 2.31. The fourth-order valence-electron chi connectivity index (χ4n) is 4.05. The van der Waals surface area contributed by atoms with Crippen LogP contribution in [0.5, 0.6) is 0 Å². The number of carbonyl (C=O) groups excluding carboxylic acids is 4. The van der Waals surface area contributed by atoms with Crippen molar-refractivity contribution in [2.24, 2.45) is 0 Å². The summed E-state index contributed by atoms with van der Waals surface area (Å²) in [6.07, 6.45) is 0.836. The Morgan fingerprint density at radius 2 is 1.91 bits per heavy atom. The van der Waals surface area contributed by atoms with Gasteiger partial charge in [0.2, 0.25) is 11.8 Å². The van der Waals surface area contributed by atoms with Gasteiger partial charge in [0.15, 0.2) is 0 Å². The lowest BCUT2D eigenvalue weighted by Crippen LogP contribution is -2.51. The van der Waals surface area contributed by atoms with Gasteiger partial charge in [-0.05, 0) is 51.9 Å². The molecule has 1 aromatic carbocycles. The number of nitrogens with zero attached hydrogens (tertiary/aromatic N) is 3. The van der Waals surface area contributed by atoms with Gasteiger partial charge in [0.05, 0.1) is 11.7 Å². The Bertz CT molecular complexity index is 938. The average Bonchev–Trinajstić information content (AvgIpc) is 2.73. The molecule has 3 amide bonds. The summed E-state index contributed by atoms with van der Waals surface area (Å²) in [5.41, 5.74) is 0.552. The lowest BCUT2D eigenvalue weighted by Gasteiger charge is -2.37. The Hall–Kier alpha value is -3.01. The molecule has 3 rings (SSSR count). The second-order valence-electron chi connectivity index (χ2n) is 9.46. The zero-order valence-corrected chi connectivity index (χ0v) is 19.5. The molecular weight excluding hydrogens is 431 g/mol. The highest BCUT2D eigenvalue weighted by atomic mass is 19.1. The first-order valence-corrected chi connectivity index (χ1v) is 11.0. The molecule has 0 radical (unpaired) electrons. The largest absolute Gasteiger partial charge is 0.444 e. The van der Waals surface area contributed by atoms with Crippen molar-refractivity contribution in [3.8, 4) is 0 Å². The van der Waals surface area contributed by atoms with Crippen LogP contribution in [-0.4, -0.2) is 78.9 Å². The van der Waals surface area contributed by atoms with E-state index in [4.69, 9.17) is 4.74 Å². The maximum Gasteiger partial charge on any atom is 0.410 e. The van der Waals surface area contributed by atoms with Gasteiger partial charge in [-0.3, -0.25) is 24.6 Å². The van der Waals surface area contributed by atoms with Crippen LogP contribution in [0.4, 0.5) is 14.9 Å². The number of rotatable bonds is 5. The molecule has 0 spiro atoms. The van der Waals surface area contributed by atoms with Crippen molar-refractivity contribution in [2.75, 3.05) is 38.1 Å². The summed E-state index contributed by atoms with van der Waals surface area (Å²) in [5.74, 6) is -1.19. The van der Waals surface area contributed by atoms with Crippen LogP contribution in [0.2, 0.25) is 0 Å². The van der Waals surface area contributed by atoms with Crippen LogP contribution >= 0.6 is 0 Å². The number of amides is 3. The maximum atomic E-state index is 14.9. The number of nitrogens with one attached hydrogen (secondary N) is 1. The van der Waals surface area contributed by atoms with E-state index in [1.165, 1.54) is 6.07 Å². The molecule has 2 saturated heterocycles. The third-order valence-electron chi connectivity index (χ3n) is 5.77. The van der Waals surface area contributed by atoms with E-state index in [0.29, 0.717) is 50.1 Å². The van der Waals surface area contributed by atoms with Gasteiger partial charge in [-0.1, -0.05) is 0 Å². The zero-order valence-electron chi connectivity index (χ0n) is 19.5. The van der Waals surface area contributed by atoms with Crippen molar-refractivity contribution in [2.45, 2.75) is 51.8 Å². The maximum absolute atomic E-state index is 14.9. The molecule has 2 fully saturated rings. The number of piperidine rings is 1. The molecule has 2 aliphatic rings. The van der Waals surface area contributed by atoms with Gasteiger partial charge in [0, 0.05) is 44.7 Å². The van der Waals surface area contributed by atoms with E-state index in [0.717, 1.165) is 0 Å². The first-order chi connectivity index (χ1) is 15.5. The van der Waals surface area contributed by atoms with Crippen molar-refractivity contribution in [1.29, 1.82) is 0 Å². The predicted octanol–water partition coefficient (Wildman–Crippen LogP) is 1.93. The van der Waals surface area contributed by atoms with E-state index in [1.54, 1.807) is 43.7 Å². The molecule has 1 N–H and O–H groups in total. The second-order valence-corrected chi connectivity index (χ2v) is 9.46. The summed E-state index contributed by atoms with van der Waals surface area (Å²) in [6, 6.07) is 2.33. The number of imide groups is 1. The topological polar surface area (TPSA) is 99.3 Å². The smallest absolute Gasteiger partial charge is 0.410 e. The summed E-state index contributed by atoms with van der Waals surface area (Å²) in [7, 11) is 1.73. The standard InChI is InChI=1S/C23H31FN4O5/c1-23(2,3)33-22(32)28-9-7-27(8-10-28)19-12-15(16(14-29)11-17(19)24)13-26(4)18-5-6-20(30)25-21(18)31/h11-12,14,18H,5-10,13H2,1-4H3,(H,25,30,31). The fourth-order valence-corrected chi connectivity index (χ4v) is 4.05. The van der Waals surface area contributed by atoms with Crippen LogP contribution in [0.1, 0.15) is 49.5 Å². The molecule has 1 aromatic rings. The number of carbonyl (C=O) groups is 4. The van der Waals surface area contributed by atoms with Crippen LogP contribution in [-0.2, 0) is 20.9 Å². The third kappa shape index (κ3) is 6.07. The lowest BCUT2D eigenvalue weighted by atomic mass is 10.0. The summed E-state index contributed by atoms with van der Waals surface area (Å²) >= 11 is 0. The quantitative estimate of drug-likeness (QED) is 0.527. The molecule has 180 valence electrons. The molecule has 2 heterocycles. The molecule has 10 heteroatoms. The molecule has 9 nitrogen and oxygen atoms in total. The molecule has 1 atom stereocenters. The number of piperazine rings is 1. The van der Waals surface area contributed by atoms with Crippen molar-refractivity contribution in [1.82, 2.24) is 15.1 Å². The highest BCUT2D eigenvalue weighted by molar-refractivity contribution is 6.00. The van der Waals surface area contributed by atoms with Gasteiger partial charge in [0.1, 0.15) is 17.7 Å². The number of benzene rings is 1. The van der Waals surface area contributed by atoms with Gasteiger partial charge in [-0.15, -0.1) is 0 Å². The normalized spacial score (nSPS) is 19.5. The number of ether oxygens (including phenoxy) is 1. The fraction of sp³-hybridized carbons (Fsp3) is 0.565. The van der Waals surface area contributed by atoms with Crippen molar-refractivity contribution < 1.29 is 28.3 Å². The van der Waals surface area contributed by atoms with Crippen LogP contribution < -0.4 is 10.2 Å².